The van der Waals surface area contributed by atoms with Crippen molar-refractivity contribution < 1.29 is 4.74 Å². The summed E-state index contributed by atoms with van der Waals surface area (Å²) < 4.78 is 7.36. The molecule has 5 heteroatoms. The van der Waals surface area contributed by atoms with Gasteiger partial charge in [0.05, 0.1) is 17.3 Å². The number of nitrogens with zero attached hydrogens (tertiary/aromatic N) is 1. The number of methoxy groups -OCH3 is 1. The van der Waals surface area contributed by atoms with Crippen LogP contribution in [-0.2, 0) is 13.1 Å². The number of hydrogen-bond donors (Lipinski definition) is 1. The fraction of sp³-hybridized carbons (Fsp3) is 0.200. The highest BCUT2D eigenvalue weighted by Crippen LogP contribution is 2.40. The van der Waals surface area contributed by atoms with Gasteiger partial charge in [-0.15, -0.1) is 0 Å². The number of ether oxygens (including phenoxy) is 1. The van der Waals surface area contributed by atoms with Crippen LogP contribution in [0.3, 0.4) is 0 Å². The van der Waals surface area contributed by atoms with E-state index in [4.69, 9.17) is 10.5 Å². The Kier molecular flexibility index (Phi) is 3.65. The third-order valence-corrected chi connectivity index (χ3v) is 4.84. The van der Waals surface area contributed by atoms with Crippen LogP contribution in [0.5, 0.6) is 5.75 Å². The standard InChI is InChI=1S/C15H14Br2N2O/c1-20-15-6-14(11(16)5-12(15)17)19-7-9-3-2-4-13(18)10(9)8-19/h2-6H,7-8,18H2,1H3. The Bertz CT molecular complexity index is 673. The van der Waals surface area contributed by atoms with Gasteiger partial charge in [-0.2, -0.15) is 0 Å². The summed E-state index contributed by atoms with van der Waals surface area (Å²) in [6, 6.07) is 10.2. The predicted octanol–water partition coefficient (Wildman–Crippen LogP) is 4.32. The van der Waals surface area contributed by atoms with Crippen LogP contribution in [0.1, 0.15) is 11.1 Å². The second-order valence-electron chi connectivity index (χ2n) is 4.78. The summed E-state index contributed by atoms with van der Waals surface area (Å²) >= 11 is 7.12. The van der Waals surface area contributed by atoms with E-state index in [1.165, 1.54) is 11.1 Å². The number of fused-ring (bicyclic) bond motifs is 1. The maximum Gasteiger partial charge on any atom is 0.135 e. The molecule has 104 valence electrons. The highest BCUT2D eigenvalue weighted by atomic mass is 79.9. The van der Waals surface area contributed by atoms with Gasteiger partial charge in [0.15, 0.2) is 0 Å². The number of nitrogen functional groups attached to an aromatic ring is 1. The van der Waals surface area contributed by atoms with Gasteiger partial charge in [0.25, 0.3) is 0 Å². The molecular formula is C15H14Br2N2O. The van der Waals surface area contributed by atoms with Gasteiger partial charge in [-0.05, 0) is 55.1 Å². The zero-order valence-corrected chi connectivity index (χ0v) is 14.2. The molecule has 3 nitrogen and oxygen atoms in total. The second kappa shape index (κ2) is 5.30. The molecule has 1 heterocycles. The van der Waals surface area contributed by atoms with Crippen LogP contribution in [0.2, 0.25) is 0 Å². The van der Waals surface area contributed by atoms with Crippen molar-refractivity contribution in [1.29, 1.82) is 0 Å². The minimum Gasteiger partial charge on any atom is -0.495 e. The SMILES string of the molecule is COc1cc(N2Cc3cccc(N)c3C2)c(Br)cc1Br. The fourth-order valence-electron chi connectivity index (χ4n) is 2.54. The Balaban J connectivity index is 1.99. The molecule has 0 fully saturated rings. The lowest BCUT2D eigenvalue weighted by atomic mass is 10.1. The van der Waals surface area contributed by atoms with Gasteiger partial charge in [-0.25, -0.2) is 0 Å². The zero-order valence-electron chi connectivity index (χ0n) is 11.0. The summed E-state index contributed by atoms with van der Waals surface area (Å²) in [6.07, 6.45) is 0. The molecule has 2 aromatic rings. The first kappa shape index (κ1) is 13.8. The van der Waals surface area contributed by atoms with E-state index in [1.54, 1.807) is 7.11 Å². The molecule has 0 bridgehead atoms. The summed E-state index contributed by atoms with van der Waals surface area (Å²) in [5.41, 5.74) is 10.6. The van der Waals surface area contributed by atoms with Crippen LogP contribution in [0, 0.1) is 0 Å². The topological polar surface area (TPSA) is 38.5 Å². The Morgan fingerprint density at radius 3 is 2.65 bits per heavy atom. The minimum atomic E-state index is 0.825. The fourth-order valence-corrected chi connectivity index (χ4v) is 3.94. The van der Waals surface area contributed by atoms with Crippen molar-refractivity contribution >= 4 is 43.2 Å². The molecule has 2 aromatic carbocycles. The van der Waals surface area contributed by atoms with Crippen LogP contribution in [0.15, 0.2) is 39.3 Å². The van der Waals surface area contributed by atoms with E-state index in [9.17, 15) is 0 Å². The summed E-state index contributed by atoms with van der Waals surface area (Å²) in [5.74, 6) is 0.826. The van der Waals surface area contributed by atoms with Crippen molar-refractivity contribution in [3.8, 4) is 5.75 Å². The van der Waals surface area contributed by atoms with Gasteiger partial charge < -0.3 is 15.4 Å². The van der Waals surface area contributed by atoms with E-state index in [1.807, 2.05) is 24.3 Å². The molecule has 0 radical (unpaired) electrons. The van der Waals surface area contributed by atoms with Crippen LogP contribution in [-0.4, -0.2) is 7.11 Å². The number of hydrogen-bond acceptors (Lipinski definition) is 3. The molecule has 0 saturated carbocycles. The van der Waals surface area contributed by atoms with E-state index in [2.05, 4.69) is 42.8 Å². The lowest BCUT2D eigenvalue weighted by Gasteiger charge is -2.21. The van der Waals surface area contributed by atoms with E-state index >= 15 is 0 Å². The van der Waals surface area contributed by atoms with E-state index in [-0.39, 0.29) is 0 Å². The molecule has 0 aromatic heterocycles. The third-order valence-electron chi connectivity index (χ3n) is 3.58. The lowest BCUT2D eigenvalue weighted by molar-refractivity contribution is 0.412. The Hall–Kier alpha value is -1.20. The van der Waals surface area contributed by atoms with Crippen molar-refractivity contribution in [2.75, 3.05) is 17.7 Å². The first-order valence-electron chi connectivity index (χ1n) is 6.24. The smallest absolute Gasteiger partial charge is 0.135 e. The molecule has 0 unspecified atom stereocenters. The molecule has 2 N–H and O–H groups in total. The number of anilines is 2. The van der Waals surface area contributed by atoms with Gasteiger partial charge in [0, 0.05) is 29.3 Å². The van der Waals surface area contributed by atoms with Crippen LogP contribution in [0.4, 0.5) is 11.4 Å². The minimum absolute atomic E-state index is 0.825. The number of rotatable bonds is 2. The molecule has 1 aliphatic heterocycles. The third kappa shape index (κ3) is 2.29. The molecule has 0 aliphatic carbocycles. The van der Waals surface area contributed by atoms with E-state index < -0.39 is 0 Å². The molecule has 0 amide bonds. The average Bonchev–Trinajstić information content (AvgIpc) is 2.84. The zero-order chi connectivity index (χ0) is 14.3. The monoisotopic (exact) mass is 396 g/mol. The lowest BCUT2D eigenvalue weighted by Crippen LogP contribution is -2.15. The molecular weight excluding hydrogens is 384 g/mol. The Morgan fingerprint density at radius 1 is 1.15 bits per heavy atom. The first-order chi connectivity index (χ1) is 9.60. The number of benzene rings is 2. The van der Waals surface area contributed by atoms with Gasteiger partial charge >= 0.3 is 0 Å². The van der Waals surface area contributed by atoms with Crippen LogP contribution < -0.4 is 15.4 Å². The Labute approximate surface area is 135 Å². The Morgan fingerprint density at radius 2 is 1.95 bits per heavy atom. The van der Waals surface area contributed by atoms with Gasteiger partial charge in [0.1, 0.15) is 5.75 Å². The van der Waals surface area contributed by atoms with Crippen molar-refractivity contribution in [1.82, 2.24) is 0 Å². The van der Waals surface area contributed by atoms with Crippen molar-refractivity contribution in [3.05, 3.63) is 50.4 Å². The maximum atomic E-state index is 6.06. The van der Waals surface area contributed by atoms with Crippen molar-refractivity contribution in [3.63, 3.8) is 0 Å². The molecule has 3 rings (SSSR count). The molecule has 1 aliphatic rings. The average molecular weight is 398 g/mol. The molecule has 0 saturated heterocycles. The predicted molar refractivity (Wildman–Crippen MR) is 89.1 cm³/mol. The molecule has 20 heavy (non-hydrogen) atoms. The maximum absolute atomic E-state index is 6.06. The van der Waals surface area contributed by atoms with Gasteiger partial charge in [-0.1, -0.05) is 12.1 Å². The number of nitrogens with two attached hydrogens (primary N) is 1. The van der Waals surface area contributed by atoms with Crippen molar-refractivity contribution in [2.24, 2.45) is 0 Å². The first-order valence-corrected chi connectivity index (χ1v) is 7.83. The number of halogens is 2. The molecule has 0 spiro atoms. The van der Waals surface area contributed by atoms with E-state index in [0.717, 1.165) is 39.2 Å². The van der Waals surface area contributed by atoms with E-state index in [0.29, 0.717) is 0 Å². The summed E-state index contributed by atoms with van der Waals surface area (Å²) in [7, 11) is 1.68. The van der Waals surface area contributed by atoms with Gasteiger partial charge in [-0.3, -0.25) is 0 Å². The second-order valence-corrected chi connectivity index (χ2v) is 6.49. The summed E-state index contributed by atoms with van der Waals surface area (Å²) in [5, 5.41) is 0. The largest absolute Gasteiger partial charge is 0.495 e. The normalized spacial score (nSPS) is 13.4. The highest BCUT2D eigenvalue weighted by Gasteiger charge is 2.23. The van der Waals surface area contributed by atoms with Gasteiger partial charge in [0.2, 0.25) is 0 Å². The van der Waals surface area contributed by atoms with Crippen LogP contribution >= 0.6 is 31.9 Å². The quantitative estimate of drug-likeness (QED) is 0.766. The van der Waals surface area contributed by atoms with Crippen molar-refractivity contribution in [2.45, 2.75) is 13.1 Å². The summed E-state index contributed by atoms with van der Waals surface area (Å²) in [6.45, 7) is 1.69. The summed E-state index contributed by atoms with van der Waals surface area (Å²) in [4.78, 5) is 2.29. The molecule has 0 atom stereocenters. The van der Waals surface area contributed by atoms with Crippen LogP contribution in [0.25, 0.3) is 0 Å². The highest BCUT2D eigenvalue weighted by molar-refractivity contribution is 9.11.